The molecule has 1 saturated heterocycles. The maximum atomic E-state index is 5.49. The van der Waals surface area contributed by atoms with E-state index in [1.807, 2.05) is 0 Å². The number of benzene rings is 1. The van der Waals surface area contributed by atoms with Gasteiger partial charge in [-0.05, 0) is 53.3 Å². The fourth-order valence-corrected chi connectivity index (χ4v) is 2.62. The van der Waals surface area contributed by atoms with Gasteiger partial charge in [0.1, 0.15) is 0 Å². The summed E-state index contributed by atoms with van der Waals surface area (Å²) in [5, 5.41) is 3.58. The van der Waals surface area contributed by atoms with E-state index in [1.54, 1.807) is 0 Å². The summed E-state index contributed by atoms with van der Waals surface area (Å²) in [5.41, 5.74) is 1.39. The molecule has 0 amide bonds. The van der Waals surface area contributed by atoms with Crippen LogP contribution in [0.1, 0.15) is 24.9 Å². The quantitative estimate of drug-likeness (QED) is 0.857. The molecular weight excluding hydrogens is 313 g/mol. The standard InChI is InChI=1S/C13H18INO/c1-2-15-13(11-7-8-16-9-11)10-3-5-12(14)6-4-10/h3-6,11,13,15H,2,7-9H2,1H3. The third kappa shape index (κ3) is 2.96. The molecule has 2 rings (SSSR count). The third-order valence-corrected chi connectivity index (χ3v) is 3.81. The fourth-order valence-electron chi connectivity index (χ4n) is 2.26. The number of hydrogen-bond acceptors (Lipinski definition) is 2. The van der Waals surface area contributed by atoms with Gasteiger partial charge in [-0.3, -0.25) is 0 Å². The number of ether oxygens (including phenoxy) is 1. The molecule has 2 atom stereocenters. The zero-order valence-electron chi connectivity index (χ0n) is 9.58. The topological polar surface area (TPSA) is 21.3 Å². The van der Waals surface area contributed by atoms with Crippen LogP contribution < -0.4 is 5.32 Å². The molecule has 2 nitrogen and oxygen atoms in total. The molecule has 0 radical (unpaired) electrons. The normalized spacial score (nSPS) is 22.2. The third-order valence-electron chi connectivity index (χ3n) is 3.09. The fraction of sp³-hybridized carbons (Fsp3) is 0.538. The summed E-state index contributed by atoms with van der Waals surface area (Å²) >= 11 is 2.34. The molecule has 2 unspecified atom stereocenters. The predicted octanol–water partition coefficient (Wildman–Crippen LogP) is 2.98. The average Bonchev–Trinajstić information content (AvgIpc) is 2.81. The van der Waals surface area contributed by atoms with Crippen molar-refractivity contribution >= 4 is 22.6 Å². The van der Waals surface area contributed by atoms with Crippen LogP contribution in [-0.2, 0) is 4.74 Å². The second-order valence-electron chi connectivity index (χ2n) is 4.21. The Balaban J connectivity index is 2.14. The van der Waals surface area contributed by atoms with E-state index >= 15 is 0 Å². The minimum atomic E-state index is 0.449. The van der Waals surface area contributed by atoms with E-state index in [0.717, 1.165) is 19.8 Å². The van der Waals surface area contributed by atoms with Crippen molar-refractivity contribution in [2.75, 3.05) is 19.8 Å². The van der Waals surface area contributed by atoms with Crippen LogP contribution in [-0.4, -0.2) is 19.8 Å². The molecule has 16 heavy (non-hydrogen) atoms. The van der Waals surface area contributed by atoms with Gasteiger partial charge in [-0.15, -0.1) is 0 Å². The Morgan fingerprint density at radius 2 is 2.19 bits per heavy atom. The highest BCUT2D eigenvalue weighted by molar-refractivity contribution is 14.1. The first-order valence-corrected chi connectivity index (χ1v) is 6.95. The van der Waals surface area contributed by atoms with E-state index in [9.17, 15) is 0 Å². The van der Waals surface area contributed by atoms with Crippen molar-refractivity contribution < 1.29 is 4.74 Å². The van der Waals surface area contributed by atoms with Crippen molar-refractivity contribution in [1.29, 1.82) is 0 Å². The first kappa shape index (κ1) is 12.3. The average molecular weight is 331 g/mol. The summed E-state index contributed by atoms with van der Waals surface area (Å²) in [6.07, 6.45) is 1.17. The molecule has 0 saturated carbocycles. The van der Waals surface area contributed by atoms with Gasteiger partial charge in [0, 0.05) is 22.1 Å². The van der Waals surface area contributed by atoms with E-state index in [-0.39, 0.29) is 0 Å². The summed E-state index contributed by atoms with van der Waals surface area (Å²) in [7, 11) is 0. The summed E-state index contributed by atoms with van der Waals surface area (Å²) in [6.45, 7) is 4.98. The first-order chi connectivity index (χ1) is 7.81. The van der Waals surface area contributed by atoms with Crippen molar-refractivity contribution in [3.05, 3.63) is 33.4 Å². The Labute approximate surface area is 111 Å². The van der Waals surface area contributed by atoms with Crippen LogP contribution in [0.25, 0.3) is 0 Å². The Hall–Kier alpha value is -0.130. The lowest BCUT2D eigenvalue weighted by atomic mass is 9.92. The van der Waals surface area contributed by atoms with Crippen LogP contribution in [0.4, 0.5) is 0 Å². The second kappa shape index (κ2) is 5.98. The van der Waals surface area contributed by atoms with Crippen molar-refractivity contribution in [1.82, 2.24) is 5.32 Å². The maximum absolute atomic E-state index is 5.49. The van der Waals surface area contributed by atoms with Gasteiger partial charge in [-0.2, -0.15) is 0 Å². The molecule has 1 aromatic rings. The van der Waals surface area contributed by atoms with E-state index in [4.69, 9.17) is 4.74 Å². The minimum Gasteiger partial charge on any atom is -0.381 e. The SMILES string of the molecule is CCNC(c1ccc(I)cc1)C1CCOC1. The Bertz CT molecular complexity index is 319. The molecule has 1 aromatic carbocycles. The van der Waals surface area contributed by atoms with Gasteiger partial charge in [-0.25, -0.2) is 0 Å². The van der Waals surface area contributed by atoms with Crippen molar-refractivity contribution in [2.24, 2.45) is 5.92 Å². The van der Waals surface area contributed by atoms with Crippen LogP contribution in [0.5, 0.6) is 0 Å². The largest absolute Gasteiger partial charge is 0.381 e. The zero-order valence-corrected chi connectivity index (χ0v) is 11.7. The highest BCUT2D eigenvalue weighted by Gasteiger charge is 2.26. The molecular formula is C13H18INO. The molecule has 1 N–H and O–H groups in total. The van der Waals surface area contributed by atoms with Gasteiger partial charge >= 0.3 is 0 Å². The molecule has 1 aliphatic heterocycles. The van der Waals surface area contributed by atoms with Gasteiger partial charge in [0.05, 0.1) is 6.61 Å². The summed E-state index contributed by atoms with van der Waals surface area (Å²) in [5.74, 6) is 0.625. The van der Waals surface area contributed by atoms with E-state index in [2.05, 4.69) is 59.1 Å². The van der Waals surface area contributed by atoms with Gasteiger partial charge in [0.2, 0.25) is 0 Å². The lowest BCUT2D eigenvalue weighted by molar-refractivity contribution is 0.177. The van der Waals surface area contributed by atoms with Crippen molar-refractivity contribution in [3.63, 3.8) is 0 Å². The molecule has 3 heteroatoms. The Kier molecular flexibility index (Phi) is 4.61. The second-order valence-corrected chi connectivity index (χ2v) is 5.46. The van der Waals surface area contributed by atoms with E-state index in [1.165, 1.54) is 15.6 Å². The number of hydrogen-bond donors (Lipinski definition) is 1. The van der Waals surface area contributed by atoms with Gasteiger partial charge in [-0.1, -0.05) is 19.1 Å². The lowest BCUT2D eigenvalue weighted by Crippen LogP contribution is -2.28. The van der Waals surface area contributed by atoms with Crippen LogP contribution in [0.3, 0.4) is 0 Å². The van der Waals surface area contributed by atoms with Gasteiger partial charge in [0.15, 0.2) is 0 Å². The highest BCUT2D eigenvalue weighted by Crippen LogP contribution is 2.28. The predicted molar refractivity (Wildman–Crippen MR) is 74.5 cm³/mol. The molecule has 0 aliphatic carbocycles. The lowest BCUT2D eigenvalue weighted by Gasteiger charge is -2.23. The monoisotopic (exact) mass is 331 g/mol. The summed E-state index contributed by atoms with van der Waals surface area (Å²) < 4.78 is 6.78. The summed E-state index contributed by atoms with van der Waals surface area (Å²) in [4.78, 5) is 0. The number of halogens is 1. The van der Waals surface area contributed by atoms with Gasteiger partial charge in [0.25, 0.3) is 0 Å². The number of nitrogens with one attached hydrogen (secondary N) is 1. The van der Waals surface area contributed by atoms with Crippen molar-refractivity contribution in [3.8, 4) is 0 Å². The van der Waals surface area contributed by atoms with Gasteiger partial charge < -0.3 is 10.1 Å². The maximum Gasteiger partial charge on any atom is 0.0513 e. The van der Waals surface area contributed by atoms with E-state index in [0.29, 0.717) is 12.0 Å². The van der Waals surface area contributed by atoms with E-state index < -0.39 is 0 Å². The zero-order chi connectivity index (χ0) is 11.4. The van der Waals surface area contributed by atoms with Crippen LogP contribution in [0.15, 0.2) is 24.3 Å². The molecule has 0 bridgehead atoms. The molecule has 1 heterocycles. The highest BCUT2D eigenvalue weighted by atomic mass is 127. The number of rotatable bonds is 4. The summed E-state index contributed by atoms with van der Waals surface area (Å²) in [6, 6.07) is 9.26. The Morgan fingerprint density at radius 1 is 1.44 bits per heavy atom. The smallest absolute Gasteiger partial charge is 0.0513 e. The molecule has 0 spiro atoms. The minimum absolute atomic E-state index is 0.449. The Morgan fingerprint density at radius 3 is 2.75 bits per heavy atom. The molecule has 0 aromatic heterocycles. The molecule has 1 aliphatic rings. The van der Waals surface area contributed by atoms with Crippen LogP contribution in [0, 0.1) is 9.49 Å². The first-order valence-electron chi connectivity index (χ1n) is 5.88. The molecule has 88 valence electrons. The van der Waals surface area contributed by atoms with Crippen LogP contribution >= 0.6 is 22.6 Å². The van der Waals surface area contributed by atoms with Crippen LogP contribution in [0.2, 0.25) is 0 Å². The van der Waals surface area contributed by atoms with Crippen molar-refractivity contribution in [2.45, 2.75) is 19.4 Å². The molecule has 1 fully saturated rings.